The molecule has 27 heavy (non-hydrogen) atoms. The number of nitrogens with zero attached hydrogens (tertiary/aromatic N) is 3. The standard InChI is InChI=1S/C21H20N4O2/c1-2-27-18-12-9-15(10-13-18)8-11-17-14-19(26)25-21(22-17)23-20(24-25)16-6-4-3-5-7-16/h3-7,9-10,12-14H,2,8,11H2,1H3,(H,22,23,24). The lowest BCUT2D eigenvalue weighted by atomic mass is 10.1. The van der Waals surface area contributed by atoms with E-state index in [2.05, 4.69) is 15.1 Å². The summed E-state index contributed by atoms with van der Waals surface area (Å²) in [6, 6.07) is 19.3. The molecule has 0 bridgehead atoms. The fourth-order valence-electron chi connectivity index (χ4n) is 2.97. The molecule has 1 N–H and O–H groups in total. The molecule has 2 aromatic carbocycles. The van der Waals surface area contributed by atoms with Crippen LogP contribution in [-0.2, 0) is 12.8 Å². The number of aromatic amines is 1. The van der Waals surface area contributed by atoms with Crippen LogP contribution in [0.1, 0.15) is 18.2 Å². The van der Waals surface area contributed by atoms with Crippen LogP contribution in [0.4, 0.5) is 0 Å². The van der Waals surface area contributed by atoms with Gasteiger partial charge in [0.15, 0.2) is 5.82 Å². The highest BCUT2D eigenvalue weighted by Gasteiger charge is 2.09. The summed E-state index contributed by atoms with van der Waals surface area (Å²) in [7, 11) is 0. The molecule has 2 aromatic heterocycles. The van der Waals surface area contributed by atoms with Gasteiger partial charge in [-0.2, -0.15) is 9.50 Å². The molecule has 4 rings (SSSR count). The summed E-state index contributed by atoms with van der Waals surface area (Å²) in [4.78, 5) is 21.4. The van der Waals surface area contributed by atoms with Crippen molar-refractivity contribution in [2.45, 2.75) is 19.8 Å². The number of nitrogens with one attached hydrogen (secondary N) is 1. The molecule has 0 aliphatic rings. The second-order valence-electron chi connectivity index (χ2n) is 6.24. The van der Waals surface area contributed by atoms with E-state index < -0.39 is 0 Å². The third-order valence-corrected chi connectivity index (χ3v) is 4.33. The van der Waals surface area contributed by atoms with Crippen molar-refractivity contribution in [3.8, 4) is 17.1 Å². The number of hydrogen-bond donors (Lipinski definition) is 1. The highest BCUT2D eigenvalue weighted by molar-refractivity contribution is 5.56. The smallest absolute Gasteiger partial charge is 0.274 e. The molecule has 2 heterocycles. The molecule has 0 amide bonds. The van der Waals surface area contributed by atoms with Crippen LogP contribution < -0.4 is 10.3 Å². The Hall–Kier alpha value is -3.41. The van der Waals surface area contributed by atoms with Crippen LogP contribution in [0.2, 0.25) is 0 Å². The Labute approximate surface area is 156 Å². The summed E-state index contributed by atoms with van der Waals surface area (Å²) in [5, 5.41) is 3.02. The van der Waals surface area contributed by atoms with Crippen molar-refractivity contribution in [3.63, 3.8) is 0 Å². The molecule has 6 heteroatoms. The van der Waals surface area contributed by atoms with E-state index in [0.717, 1.165) is 23.4 Å². The lowest BCUT2D eigenvalue weighted by Gasteiger charge is -2.05. The maximum atomic E-state index is 12.4. The summed E-state index contributed by atoms with van der Waals surface area (Å²) < 4.78 is 6.84. The van der Waals surface area contributed by atoms with E-state index in [1.54, 1.807) is 6.07 Å². The van der Waals surface area contributed by atoms with Crippen molar-refractivity contribution in [2.24, 2.45) is 0 Å². The molecule has 0 spiro atoms. The van der Waals surface area contributed by atoms with Gasteiger partial charge in [-0.15, -0.1) is 0 Å². The minimum atomic E-state index is -0.156. The first kappa shape index (κ1) is 17.0. The molecule has 0 unspecified atom stereocenters. The van der Waals surface area contributed by atoms with E-state index in [0.29, 0.717) is 24.6 Å². The van der Waals surface area contributed by atoms with Gasteiger partial charge in [0, 0.05) is 11.6 Å². The molecule has 0 saturated carbocycles. The summed E-state index contributed by atoms with van der Waals surface area (Å²) in [5.41, 5.74) is 2.67. The average Bonchev–Trinajstić information content (AvgIpc) is 3.13. The SMILES string of the molecule is CCOc1ccc(CCc2cc(=O)n3[nH]c(-c4ccccc4)nc3n2)cc1. The van der Waals surface area contributed by atoms with E-state index in [1.807, 2.05) is 61.5 Å². The van der Waals surface area contributed by atoms with Crippen molar-refractivity contribution >= 4 is 5.78 Å². The van der Waals surface area contributed by atoms with Crippen LogP contribution in [-0.4, -0.2) is 26.2 Å². The molecule has 136 valence electrons. The number of aromatic nitrogens is 4. The van der Waals surface area contributed by atoms with Crippen molar-refractivity contribution in [3.05, 3.63) is 82.3 Å². The Morgan fingerprint density at radius 1 is 1.00 bits per heavy atom. The molecule has 0 atom stereocenters. The third kappa shape index (κ3) is 3.74. The Balaban J connectivity index is 1.55. The number of ether oxygens (including phenoxy) is 1. The van der Waals surface area contributed by atoms with Gasteiger partial charge >= 0.3 is 0 Å². The van der Waals surface area contributed by atoms with Gasteiger partial charge < -0.3 is 4.74 Å². The van der Waals surface area contributed by atoms with E-state index >= 15 is 0 Å². The normalized spacial score (nSPS) is 11.0. The van der Waals surface area contributed by atoms with Crippen molar-refractivity contribution in [1.82, 2.24) is 19.6 Å². The second kappa shape index (κ2) is 7.45. The van der Waals surface area contributed by atoms with Gasteiger partial charge in [0.05, 0.1) is 12.3 Å². The summed E-state index contributed by atoms with van der Waals surface area (Å²) in [6.45, 7) is 2.62. The van der Waals surface area contributed by atoms with E-state index in [1.165, 1.54) is 10.1 Å². The monoisotopic (exact) mass is 360 g/mol. The first-order valence-electron chi connectivity index (χ1n) is 8.99. The summed E-state index contributed by atoms with van der Waals surface area (Å²) in [6.07, 6.45) is 1.47. The lowest BCUT2D eigenvalue weighted by molar-refractivity contribution is 0.340. The molecule has 4 aromatic rings. The molecule has 0 fully saturated rings. The zero-order valence-electron chi connectivity index (χ0n) is 15.1. The predicted octanol–water partition coefficient (Wildman–Crippen LogP) is 3.27. The van der Waals surface area contributed by atoms with Crippen molar-refractivity contribution in [1.29, 1.82) is 0 Å². The van der Waals surface area contributed by atoms with Gasteiger partial charge in [-0.25, -0.2) is 4.98 Å². The van der Waals surface area contributed by atoms with Crippen LogP contribution in [0.3, 0.4) is 0 Å². The van der Waals surface area contributed by atoms with Gasteiger partial charge in [-0.3, -0.25) is 9.89 Å². The predicted molar refractivity (Wildman–Crippen MR) is 104 cm³/mol. The maximum absolute atomic E-state index is 12.4. The van der Waals surface area contributed by atoms with Gasteiger partial charge in [0.2, 0.25) is 0 Å². The third-order valence-electron chi connectivity index (χ3n) is 4.33. The lowest BCUT2D eigenvalue weighted by Crippen LogP contribution is -2.16. The number of hydrogen-bond acceptors (Lipinski definition) is 4. The number of benzene rings is 2. The number of aryl methyl sites for hydroxylation is 2. The van der Waals surface area contributed by atoms with Gasteiger partial charge in [0.25, 0.3) is 11.3 Å². The van der Waals surface area contributed by atoms with Crippen LogP contribution in [0.5, 0.6) is 5.75 Å². The van der Waals surface area contributed by atoms with Crippen molar-refractivity contribution in [2.75, 3.05) is 6.61 Å². The number of fused-ring (bicyclic) bond motifs is 1. The average molecular weight is 360 g/mol. The highest BCUT2D eigenvalue weighted by Crippen LogP contribution is 2.15. The quantitative estimate of drug-likeness (QED) is 0.573. The van der Waals surface area contributed by atoms with Crippen LogP contribution in [0, 0.1) is 0 Å². The molecular formula is C21H20N4O2. The topological polar surface area (TPSA) is 72.3 Å². The Kier molecular flexibility index (Phi) is 4.70. The minimum Gasteiger partial charge on any atom is -0.494 e. The second-order valence-corrected chi connectivity index (χ2v) is 6.24. The van der Waals surface area contributed by atoms with Crippen LogP contribution >= 0.6 is 0 Å². The van der Waals surface area contributed by atoms with Crippen LogP contribution in [0.15, 0.2) is 65.5 Å². The zero-order valence-corrected chi connectivity index (χ0v) is 15.1. The zero-order chi connectivity index (χ0) is 18.6. The van der Waals surface area contributed by atoms with E-state index in [-0.39, 0.29) is 5.56 Å². The Bertz CT molecular complexity index is 1100. The first-order valence-corrected chi connectivity index (χ1v) is 8.99. The van der Waals surface area contributed by atoms with Gasteiger partial charge in [-0.1, -0.05) is 42.5 Å². The van der Waals surface area contributed by atoms with Gasteiger partial charge in [0.1, 0.15) is 5.75 Å². The highest BCUT2D eigenvalue weighted by atomic mass is 16.5. The molecule has 0 aliphatic heterocycles. The minimum absolute atomic E-state index is 0.156. The molecular weight excluding hydrogens is 340 g/mol. The molecule has 0 saturated heterocycles. The van der Waals surface area contributed by atoms with Gasteiger partial charge in [-0.05, 0) is 37.5 Å². The largest absolute Gasteiger partial charge is 0.494 e. The maximum Gasteiger partial charge on any atom is 0.274 e. The van der Waals surface area contributed by atoms with E-state index in [9.17, 15) is 4.79 Å². The Morgan fingerprint density at radius 3 is 2.52 bits per heavy atom. The summed E-state index contributed by atoms with van der Waals surface area (Å²) >= 11 is 0. The molecule has 6 nitrogen and oxygen atoms in total. The molecule has 0 radical (unpaired) electrons. The Morgan fingerprint density at radius 2 is 1.78 bits per heavy atom. The van der Waals surface area contributed by atoms with E-state index in [4.69, 9.17) is 4.74 Å². The molecule has 0 aliphatic carbocycles. The summed E-state index contributed by atoms with van der Waals surface area (Å²) in [5.74, 6) is 1.89. The number of H-pyrrole nitrogens is 1. The fraction of sp³-hybridized carbons (Fsp3) is 0.190. The van der Waals surface area contributed by atoms with Crippen LogP contribution in [0.25, 0.3) is 17.2 Å². The fourth-order valence-corrected chi connectivity index (χ4v) is 2.97. The van der Waals surface area contributed by atoms with Crippen molar-refractivity contribution < 1.29 is 4.74 Å². The first-order chi connectivity index (χ1) is 13.2. The number of rotatable bonds is 6.